The number of ether oxygens (including phenoxy) is 3. The number of aliphatic hydroxyl groups excluding tert-OH is 1. The third-order valence-corrected chi connectivity index (χ3v) is 7.12. The van der Waals surface area contributed by atoms with Crippen LogP contribution in [0.4, 0.5) is 0 Å². The molecule has 1 N–H and O–H groups in total. The van der Waals surface area contributed by atoms with Crippen molar-refractivity contribution in [3.63, 3.8) is 0 Å². The van der Waals surface area contributed by atoms with E-state index < -0.39 is 23.5 Å². The summed E-state index contributed by atoms with van der Waals surface area (Å²) in [5, 5.41) is 9.92. The fourth-order valence-electron chi connectivity index (χ4n) is 5.26. The highest BCUT2D eigenvalue weighted by Gasteiger charge is 2.45. The molecule has 0 aromatic rings. The molecule has 0 unspecified atom stereocenters. The van der Waals surface area contributed by atoms with E-state index in [4.69, 9.17) is 14.2 Å². The molecular formula is C25H36O7. The fraction of sp³-hybridized carbons (Fsp3) is 0.720. The van der Waals surface area contributed by atoms with Crippen LogP contribution < -0.4 is 0 Å². The lowest BCUT2D eigenvalue weighted by Gasteiger charge is -2.44. The van der Waals surface area contributed by atoms with Crippen LogP contribution in [-0.2, 0) is 28.6 Å². The molecule has 178 valence electrons. The molecule has 0 saturated carbocycles. The monoisotopic (exact) mass is 448 g/mol. The number of carbonyl (C=O) groups excluding carboxylic acids is 3. The van der Waals surface area contributed by atoms with E-state index in [-0.39, 0.29) is 48.3 Å². The van der Waals surface area contributed by atoms with Crippen molar-refractivity contribution >= 4 is 17.9 Å². The number of esters is 3. The normalized spacial score (nSPS) is 34.8. The molecule has 0 aromatic carbocycles. The zero-order chi connectivity index (χ0) is 23.6. The van der Waals surface area contributed by atoms with Crippen molar-refractivity contribution in [3.8, 4) is 0 Å². The highest BCUT2D eigenvalue weighted by Crippen LogP contribution is 2.45. The van der Waals surface area contributed by atoms with E-state index in [1.807, 2.05) is 0 Å². The number of allylic oxidation sites excluding steroid dienone is 3. The van der Waals surface area contributed by atoms with Crippen molar-refractivity contribution in [3.05, 3.63) is 23.8 Å². The van der Waals surface area contributed by atoms with Crippen LogP contribution in [0.5, 0.6) is 0 Å². The van der Waals surface area contributed by atoms with E-state index in [1.165, 1.54) is 21.0 Å². The quantitative estimate of drug-likeness (QED) is 0.378. The number of carbonyl (C=O) groups is 3. The minimum Gasteiger partial charge on any atom is -0.468 e. The summed E-state index contributed by atoms with van der Waals surface area (Å²) < 4.78 is 16.2. The molecule has 32 heavy (non-hydrogen) atoms. The Morgan fingerprint density at radius 3 is 2.56 bits per heavy atom. The van der Waals surface area contributed by atoms with Crippen molar-refractivity contribution in [1.82, 2.24) is 0 Å². The Morgan fingerprint density at radius 1 is 1.19 bits per heavy atom. The van der Waals surface area contributed by atoms with Crippen LogP contribution in [0.15, 0.2) is 23.8 Å². The smallest absolute Gasteiger partial charge is 0.323 e. The summed E-state index contributed by atoms with van der Waals surface area (Å²) in [5.41, 5.74) is -0.224. The molecule has 0 amide bonds. The second-order valence-electron chi connectivity index (χ2n) is 10.1. The van der Waals surface area contributed by atoms with Crippen LogP contribution in [0.25, 0.3) is 0 Å². The zero-order valence-electron chi connectivity index (χ0n) is 19.7. The van der Waals surface area contributed by atoms with Gasteiger partial charge in [0.2, 0.25) is 0 Å². The van der Waals surface area contributed by atoms with Gasteiger partial charge in [0.1, 0.15) is 12.2 Å². The van der Waals surface area contributed by atoms with Crippen LogP contribution in [0.2, 0.25) is 0 Å². The first-order valence-corrected chi connectivity index (χ1v) is 11.6. The molecule has 1 fully saturated rings. The Hall–Kier alpha value is -2.15. The molecule has 0 radical (unpaired) electrons. The summed E-state index contributed by atoms with van der Waals surface area (Å²) >= 11 is 0. The van der Waals surface area contributed by atoms with Crippen molar-refractivity contribution < 1.29 is 33.7 Å². The van der Waals surface area contributed by atoms with Gasteiger partial charge in [-0.1, -0.05) is 32.1 Å². The van der Waals surface area contributed by atoms with Gasteiger partial charge in [0, 0.05) is 12.3 Å². The Kier molecular flexibility index (Phi) is 7.48. The fourth-order valence-corrected chi connectivity index (χ4v) is 5.26. The number of cyclic esters (lactones) is 1. The molecular weight excluding hydrogens is 412 g/mol. The zero-order valence-corrected chi connectivity index (χ0v) is 19.7. The summed E-state index contributed by atoms with van der Waals surface area (Å²) in [6.07, 6.45) is 7.88. The van der Waals surface area contributed by atoms with E-state index in [0.29, 0.717) is 19.3 Å². The lowest BCUT2D eigenvalue weighted by atomic mass is 9.65. The van der Waals surface area contributed by atoms with Gasteiger partial charge in [-0.25, -0.2) is 0 Å². The summed E-state index contributed by atoms with van der Waals surface area (Å²) in [6, 6.07) is 0. The maximum Gasteiger partial charge on any atom is 0.323 e. The first-order chi connectivity index (χ1) is 15.0. The van der Waals surface area contributed by atoms with Crippen LogP contribution >= 0.6 is 0 Å². The van der Waals surface area contributed by atoms with Crippen molar-refractivity contribution in [2.45, 2.75) is 78.1 Å². The first-order valence-electron chi connectivity index (χ1n) is 11.6. The first kappa shape index (κ1) is 24.5. The number of hydrogen-bond donors (Lipinski definition) is 1. The molecule has 0 bridgehead atoms. The van der Waals surface area contributed by atoms with E-state index in [9.17, 15) is 19.5 Å². The predicted molar refractivity (Wildman–Crippen MR) is 117 cm³/mol. The molecule has 1 saturated heterocycles. The highest BCUT2D eigenvalue weighted by molar-refractivity contribution is 5.99. The number of fused-ring (bicyclic) bond motifs is 1. The topological polar surface area (TPSA) is 99.1 Å². The molecule has 7 atom stereocenters. The third kappa shape index (κ3) is 5.25. The van der Waals surface area contributed by atoms with Gasteiger partial charge in [-0.05, 0) is 56.4 Å². The minimum absolute atomic E-state index is 0.00723. The van der Waals surface area contributed by atoms with Crippen molar-refractivity contribution in [2.75, 3.05) is 7.11 Å². The van der Waals surface area contributed by atoms with Crippen molar-refractivity contribution in [1.29, 1.82) is 0 Å². The van der Waals surface area contributed by atoms with Gasteiger partial charge in [0.05, 0.1) is 19.6 Å². The minimum atomic E-state index is -1.38. The second-order valence-corrected chi connectivity index (χ2v) is 10.1. The number of methoxy groups -OCH3 is 1. The van der Waals surface area contributed by atoms with Crippen LogP contribution in [0.3, 0.4) is 0 Å². The summed E-state index contributed by atoms with van der Waals surface area (Å²) in [4.78, 5) is 36.8. The molecule has 3 aliphatic rings. The largest absolute Gasteiger partial charge is 0.468 e. The second kappa shape index (κ2) is 9.77. The molecule has 3 rings (SSSR count). The van der Waals surface area contributed by atoms with E-state index >= 15 is 0 Å². The molecule has 1 aliphatic heterocycles. The van der Waals surface area contributed by atoms with Crippen LogP contribution in [-0.4, -0.2) is 48.4 Å². The van der Waals surface area contributed by atoms with E-state index in [0.717, 1.165) is 12.0 Å². The summed E-state index contributed by atoms with van der Waals surface area (Å²) in [5.74, 6) is -0.850. The lowest BCUT2D eigenvalue weighted by Crippen LogP contribution is -2.45. The number of aliphatic hydroxyl groups is 1. The Labute approximate surface area is 190 Å². The van der Waals surface area contributed by atoms with E-state index in [1.54, 1.807) is 0 Å². The molecule has 1 heterocycles. The van der Waals surface area contributed by atoms with Crippen molar-refractivity contribution in [2.24, 2.45) is 29.1 Å². The average molecular weight is 449 g/mol. The Balaban J connectivity index is 1.78. The molecule has 7 nitrogen and oxygen atoms in total. The SMILES string of the molecule is COC(=O)C(C)(C)C(=O)O[C@H]1C[C@@H](C)C=C2C=C[C@H](C)[C@H](CC[C@@H]3C[C@@H](O)CC(=O)O3)[C@H]21. The van der Waals surface area contributed by atoms with Gasteiger partial charge in [-0.3, -0.25) is 14.4 Å². The lowest BCUT2D eigenvalue weighted by molar-refractivity contribution is -0.175. The van der Waals surface area contributed by atoms with Gasteiger partial charge in [-0.2, -0.15) is 0 Å². The van der Waals surface area contributed by atoms with Crippen LogP contribution in [0, 0.1) is 29.1 Å². The van der Waals surface area contributed by atoms with Gasteiger partial charge in [0.15, 0.2) is 5.41 Å². The number of rotatable bonds is 6. The molecule has 7 heteroatoms. The Bertz CT molecular complexity index is 796. The third-order valence-electron chi connectivity index (χ3n) is 7.12. The highest BCUT2D eigenvalue weighted by atomic mass is 16.6. The maximum absolute atomic E-state index is 12.9. The Morgan fingerprint density at radius 2 is 1.91 bits per heavy atom. The van der Waals surface area contributed by atoms with Gasteiger partial charge in [-0.15, -0.1) is 0 Å². The average Bonchev–Trinajstić information content (AvgIpc) is 2.71. The summed E-state index contributed by atoms with van der Waals surface area (Å²) in [7, 11) is 1.26. The number of hydrogen-bond acceptors (Lipinski definition) is 7. The van der Waals surface area contributed by atoms with Gasteiger partial charge in [0.25, 0.3) is 0 Å². The predicted octanol–water partition coefficient (Wildman–Crippen LogP) is 3.35. The standard InChI is InChI=1S/C25H36O7/c1-14-10-16-7-6-15(2)19(9-8-18-12-17(26)13-21(27)31-18)22(16)20(11-14)32-24(29)25(3,4)23(28)30-5/h6-7,10,14-15,17-20,22,26H,8-9,11-13H2,1-5H3/t14-,15-,17+,18+,19-,20-,22-/m0/s1. The maximum atomic E-state index is 12.9. The van der Waals surface area contributed by atoms with Crippen LogP contribution in [0.1, 0.15) is 59.8 Å². The summed E-state index contributed by atoms with van der Waals surface area (Å²) in [6.45, 7) is 7.29. The molecule has 0 aromatic heterocycles. The molecule has 2 aliphatic carbocycles. The molecule has 0 spiro atoms. The van der Waals surface area contributed by atoms with Gasteiger partial charge >= 0.3 is 17.9 Å². The van der Waals surface area contributed by atoms with Gasteiger partial charge < -0.3 is 19.3 Å². The van der Waals surface area contributed by atoms with E-state index in [2.05, 4.69) is 32.1 Å².